The summed E-state index contributed by atoms with van der Waals surface area (Å²) in [6, 6.07) is 9.46. The Kier molecular flexibility index (Phi) is 4.66. The number of benzene rings is 2. The molecule has 0 amide bonds. The molecule has 134 valence electrons. The summed E-state index contributed by atoms with van der Waals surface area (Å²) in [7, 11) is 0. The molecule has 0 radical (unpaired) electrons. The highest BCUT2D eigenvalue weighted by Crippen LogP contribution is 2.20. The highest BCUT2D eigenvalue weighted by Gasteiger charge is 2.17. The predicted octanol–water partition coefficient (Wildman–Crippen LogP) is 3.49. The zero-order valence-electron chi connectivity index (χ0n) is 13.2. The Morgan fingerprint density at radius 2 is 1.85 bits per heavy atom. The van der Waals surface area contributed by atoms with Gasteiger partial charge in [-0.25, -0.2) is 9.18 Å². The first kappa shape index (κ1) is 17.5. The van der Waals surface area contributed by atoms with Crippen LogP contribution in [0.5, 0.6) is 5.75 Å². The molecule has 0 spiro atoms. The lowest BCUT2D eigenvalue weighted by molar-refractivity contribution is -0.0498. The summed E-state index contributed by atoms with van der Waals surface area (Å²) in [5.41, 5.74) is -0.712. The number of ether oxygens (including phenoxy) is 1. The van der Waals surface area contributed by atoms with Gasteiger partial charge in [0.25, 0.3) is 0 Å². The standard InChI is InChI=1S/C18H12F3NO4/c19-14-3-1-2-12-15(14)22(9-13(16(12)23)17(24)25)8-10-4-6-11(7-5-10)26-18(20)21/h1-7,9,18H,8H2,(H,24,25). The van der Waals surface area contributed by atoms with Crippen molar-refractivity contribution < 1.29 is 27.8 Å². The maximum atomic E-state index is 14.3. The van der Waals surface area contributed by atoms with Crippen molar-refractivity contribution in [3.8, 4) is 5.75 Å². The number of aromatic carboxylic acids is 1. The van der Waals surface area contributed by atoms with Gasteiger partial charge in [0.1, 0.15) is 17.1 Å². The number of carbonyl (C=O) groups is 1. The van der Waals surface area contributed by atoms with E-state index in [0.29, 0.717) is 5.56 Å². The van der Waals surface area contributed by atoms with Gasteiger partial charge in [0, 0.05) is 18.1 Å². The molecular formula is C18H12F3NO4. The molecule has 0 unspecified atom stereocenters. The van der Waals surface area contributed by atoms with Gasteiger partial charge in [0.05, 0.1) is 5.52 Å². The molecule has 0 aliphatic heterocycles. The highest BCUT2D eigenvalue weighted by molar-refractivity contribution is 5.92. The predicted molar refractivity (Wildman–Crippen MR) is 87.3 cm³/mol. The molecule has 3 aromatic rings. The molecule has 0 saturated carbocycles. The number of aromatic nitrogens is 1. The SMILES string of the molecule is O=C(O)c1cn(Cc2ccc(OC(F)F)cc2)c2c(F)cccc2c1=O. The van der Waals surface area contributed by atoms with Gasteiger partial charge < -0.3 is 14.4 Å². The molecule has 3 rings (SSSR count). The molecule has 0 bridgehead atoms. The van der Waals surface area contributed by atoms with Crippen molar-refractivity contribution in [2.75, 3.05) is 0 Å². The third-order valence-corrected chi connectivity index (χ3v) is 3.78. The first-order valence-electron chi connectivity index (χ1n) is 7.45. The van der Waals surface area contributed by atoms with Crippen molar-refractivity contribution in [1.29, 1.82) is 0 Å². The number of carboxylic acid groups (broad SMARTS) is 1. The van der Waals surface area contributed by atoms with E-state index in [1.807, 2.05) is 0 Å². The highest BCUT2D eigenvalue weighted by atomic mass is 19.3. The van der Waals surface area contributed by atoms with Gasteiger partial charge >= 0.3 is 12.6 Å². The number of hydrogen-bond acceptors (Lipinski definition) is 3. The fraction of sp³-hybridized carbons (Fsp3) is 0.111. The van der Waals surface area contributed by atoms with E-state index < -0.39 is 29.4 Å². The second kappa shape index (κ2) is 6.91. The van der Waals surface area contributed by atoms with Gasteiger partial charge in [-0.1, -0.05) is 18.2 Å². The average Bonchev–Trinajstić information content (AvgIpc) is 2.58. The third-order valence-electron chi connectivity index (χ3n) is 3.78. The first-order chi connectivity index (χ1) is 12.4. The van der Waals surface area contributed by atoms with Crippen LogP contribution in [0.15, 0.2) is 53.5 Å². The Labute approximate surface area is 144 Å². The lowest BCUT2D eigenvalue weighted by atomic mass is 10.1. The van der Waals surface area contributed by atoms with Crippen molar-refractivity contribution in [2.24, 2.45) is 0 Å². The van der Waals surface area contributed by atoms with E-state index >= 15 is 0 Å². The van der Waals surface area contributed by atoms with Crippen molar-refractivity contribution in [3.05, 3.63) is 75.8 Å². The summed E-state index contributed by atoms with van der Waals surface area (Å²) in [6.45, 7) is -2.91. The number of carboxylic acids is 1. The summed E-state index contributed by atoms with van der Waals surface area (Å²) in [6.07, 6.45) is 1.07. The Hall–Kier alpha value is -3.29. The molecule has 1 aromatic heterocycles. The summed E-state index contributed by atoms with van der Waals surface area (Å²) in [5, 5.41) is 9.16. The van der Waals surface area contributed by atoms with Crippen molar-refractivity contribution in [2.45, 2.75) is 13.2 Å². The lowest BCUT2D eigenvalue weighted by Crippen LogP contribution is -2.20. The van der Waals surface area contributed by atoms with Gasteiger partial charge in [-0.05, 0) is 29.8 Å². The molecule has 0 aliphatic rings. The minimum absolute atomic E-state index is 0.0320. The van der Waals surface area contributed by atoms with Gasteiger partial charge in [-0.3, -0.25) is 4.79 Å². The van der Waals surface area contributed by atoms with E-state index in [-0.39, 0.29) is 23.2 Å². The number of rotatable bonds is 5. The van der Waals surface area contributed by atoms with E-state index in [1.165, 1.54) is 41.0 Å². The topological polar surface area (TPSA) is 68.5 Å². The lowest BCUT2D eigenvalue weighted by Gasteiger charge is -2.13. The molecule has 0 atom stereocenters. The molecule has 0 fully saturated rings. The second-order valence-corrected chi connectivity index (χ2v) is 5.46. The van der Waals surface area contributed by atoms with Crippen LogP contribution < -0.4 is 10.2 Å². The molecule has 5 nitrogen and oxygen atoms in total. The summed E-state index contributed by atoms with van der Waals surface area (Å²) >= 11 is 0. The van der Waals surface area contributed by atoms with E-state index in [9.17, 15) is 27.9 Å². The number of nitrogens with zero attached hydrogens (tertiary/aromatic N) is 1. The average molecular weight is 363 g/mol. The zero-order valence-corrected chi connectivity index (χ0v) is 13.2. The first-order valence-corrected chi connectivity index (χ1v) is 7.45. The van der Waals surface area contributed by atoms with Gasteiger partial charge in [-0.15, -0.1) is 0 Å². The quantitative estimate of drug-likeness (QED) is 0.754. The van der Waals surface area contributed by atoms with E-state index in [0.717, 1.165) is 12.3 Å². The molecule has 1 N–H and O–H groups in total. The fourth-order valence-electron chi connectivity index (χ4n) is 2.66. The van der Waals surface area contributed by atoms with Crippen LogP contribution in [0, 0.1) is 5.82 Å². The van der Waals surface area contributed by atoms with Crippen LogP contribution in [0.25, 0.3) is 10.9 Å². The van der Waals surface area contributed by atoms with E-state index in [4.69, 9.17) is 0 Å². The van der Waals surface area contributed by atoms with Gasteiger partial charge in [-0.2, -0.15) is 8.78 Å². The number of halogens is 3. The van der Waals surface area contributed by atoms with Crippen molar-refractivity contribution in [3.63, 3.8) is 0 Å². The smallest absolute Gasteiger partial charge is 0.387 e. The number of fused-ring (bicyclic) bond motifs is 1. The summed E-state index contributed by atoms with van der Waals surface area (Å²) in [5.74, 6) is -2.13. The van der Waals surface area contributed by atoms with Crippen LogP contribution in [-0.2, 0) is 6.54 Å². The Morgan fingerprint density at radius 1 is 1.15 bits per heavy atom. The number of alkyl halides is 2. The van der Waals surface area contributed by atoms with Crippen LogP contribution in [0.1, 0.15) is 15.9 Å². The molecule has 8 heteroatoms. The normalized spacial score (nSPS) is 11.1. The number of para-hydroxylation sites is 1. The number of pyridine rings is 1. The van der Waals surface area contributed by atoms with Gasteiger partial charge in [0.2, 0.25) is 5.43 Å². The monoisotopic (exact) mass is 363 g/mol. The minimum Gasteiger partial charge on any atom is -0.477 e. The zero-order chi connectivity index (χ0) is 18.8. The van der Waals surface area contributed by atoms with E-state index in [1.54, 1.807) is 0 Å². The largest absolute Gasteiger partial charge is 0.477 e. The molecule has 26 heavy (non-hydrogen) atoms. The van der Waals surface area contributed by atoms with Crippen LogP contribution in [0.2, 0.25) is 0 Å². The fourth-order valence-corrected chi connectivity index (χ4v) is 2.66. The van der Waals surface area contributed by atoms with Crippen LogP contribution in [0.4, 0.5) is 13.2 Å². The van der Waals surface area contributed by atoms with Crippen molar-refractivity contribution in [1.82, 2.24) is 4.57 Å². The summed E-state index contributed by atoms with van der Waals surface area (Å²) < 4.78 is 44.2. The minimum atomic E-state index is -2.95. The van der Waals surface area contributed by atoms with Crippen LogP contribution >= 0.6 is 0 Å². The molecule has 0 saturated heterocycles. The molecule has 0 aliphatic carbocycles. The third kappa shape index (κ3) is 3.39. The molecule has 1 heterocycles. The number of hydrogen-bond donors (Lipinski definition) is 1. The Morgan fingerprint density at radius 3 is 2.46 bits per heavy atom. The maximum Gasteiger partial charge on any atom is 0.387 e. The van der Waals surface area contributed by atoms with Crippen molar-refractivity contribution >= 4 is 16.9 Å². The van der Waals surface area contributed by atoms with Gasteiger partial charge in [0.15, 0.2) is 0 Å². The van der Waals surface area contributed by atoms with Crippen LogP contribution in [-0.4, -0.2) is 22.3 Å². The molecule has 2 aromatic carbocycles. The Bertz CT molecular complexity index is 1030. The maximum absolute atomic E-state index is 14.3. The van der Waals surface area contributed by atoms with E-state index in [2.05, 4.69) is 4.74 Å². The summed E-state index contributed by atoms with van der Waals surface area (Å²) in [4.78, 5) is 23.5. The second-order valence-electron chi connectivity index (χ2n) is 5.46. The molecular weight excluding hydrogens is 351 g/mol. The Balaban J connectivity index is 2.08. The van der Waals surface area contributed by atoms with Crippen LogP contribution in [0.3, 0.4) is 0 Å².